The first kappa shape index (κ1) is 18.6. The SMILES string of the molecule is Cc1ccc(-n2ncc3c(=O)[nH]c(-n4nc(C)cc4NC(=O)c4ccco4)nc32)cc1. The van der Waals surface area contributed by atoms with Gasteiger partial charge in [0.1, 0.15) is 11.2 Å². The van der Waals surface area contributed by atoms with Crippen molar-refractivity contribution in [2.45, 2.75) is 13.8 Å². The van der Waals surface area contributed by atoms with Crippen molar-refractivity contribution in [1.82, 2.24) is 29.5 Å². The van der Waals surface area contributed by atoms with Gasteiger partial charge in [0.25, 0.3) is 11.5 Å². The van der Waals surface area contributed by atoms with Crippen molar-refractivity contribution in [2.75, 3.05) is 5.32 Å². The zero-order valence-electron chi connectivity index (χ0n) is 16.7. The Morgan fingerprint density at radius 3 is 2.68 bits per heavy atom. The van der Waals surface area contributed by atoms with Crippen molar-refractivity contribution in [3.8, 4) is 11.6 Å². The minimum absolute atomic E-state index is 0.147. The molecule has 31 heavy (non-hydrogen) atoms. The second kappa shape index (κ2) is 7.10. The Labute approximate surface area is 175 Å². The highest BCUT2D eigenvalue weighted by molar-refractivity contribution is 6.01. The molecule has 2 N–H and O–H groups in total. The van der Waals surface area contributed by atoms with Crippen LogP contribution in [0.15, 0.2) is 64.1 Å². The number of aryl methyl sites for hydroxylation is 2. The number of H-pyrrole nitrogens is 1. The number of nitrogens with zero attached hydrogens (tertiary/aromatic N) is 5. The Bertz CT molecular complexity index is 1460. The van der Waals surface area contributed by atoms with Gasteiger partial charge in [-0.3, -0.25) is 14.6 Å². The Morgan fingerprint density at radius 2 is 1.94 bits per heavy atom. The molecule has 0 aliphatic carbocycles. The summed E-state index contributed by atoms with van der Waals surface area (Å²) in [4.78, 5) is 32.4. The highest BCUT2D eigenvalue weighted by Gasteiger charge is 2.18. The normalized spacial score (nSPS) is 11.2. The number of fused-ring (bicyclic) bond motifs is 1. The number of anilines is 1. The van der Waals surface area contributed by atoms with Crippen molar-refractivity contribution in [1.29, 1.82) is 0 Å². The second-order valence-corrected chi connectivity index (χ2v) is 7.03. The third-order valence-electron chi connectivity index (χ3n) is 4.72. The molecule has 5 aromatic rings. The smallest absolute Gasteiger partial charge is 0.292 e. The molecule has 5 rings (SSSR count). The number of amides is 1. The molecule has 154 valence electrons. The molecule has 10 nitrogen and oxygen atoms in total. The fourth-order valence-electron chi connectivity index (χ4n) is 3.22. The Kier molecular flexibility index (Phi) is 4.25. The van der Waals surface area contributed by atoms with E-state index in [0.717, 1.165) is 11.3 Å². The number of nitrogens with one attached hydrogen (secondary N) is 2. The molecule has 1 aromatic carbocycles. The number of furan rings is 1. The molecular formula is C21H17N7O3. The summed E-state index contributed by atoms with van der Waals surface area (Å²) in [5, 5.41) is 11.8. The van der Waals surface area contributed by atoms with Gasteiger partial charge in [-0.25, -0.2) is 4.68 Å². The molecule has 1 amide bonds. The van der Waals surface area contributed by atoms with Gasteiger partial charge in [0.05, 0.1) is 23.8 Å². The van der Waals surface area contributed by atoms with Gasteiger partial charge in [-0.05, 0) is 38.1 Å². The molecule has 0 aliphatic heterocycles. The lowest BCUT2D eigenvalue weighted by Gasteiger charge is -2.08. The van der Waals surface area contributed by atoms with Crippen molar-refractivity contribution < 1.29 is 9.21 Å². The molecule has 0 fully saturated rings. The zero-order chi connectivity index (χ0) is 21.5. The van der Waals surface area contributed by atoms with Crippen LogP contribution < -0.4 is 10.9 Å². The lowest BCUT2D eigenvalue weighted by molar-refractivity contribution is 0.0996. The highest BCUT2D eigenvalue weighted by atomic mass is 16.3. The van der Waals surface area contributed by atoms with Crippen LogP contribution in [0.25, 0.3) is 22.7 Å². The molecule has 4 heterocycles. The fourth-order valence-corrected chi connectivity index (χ4v) is 3.22. The Balaban J connectivity index is 1.61. The molecule has 0 radical (unpaired) electrons. The number of carbonyl (C=O) groups is 1. The summed E-state index contributed by atoms with van der Waals surface area (Å²) in [5.74, 6) is 0.191. The quantitative estimate of drug-likeness (QED) is 0.465. The Hall–Kier alpha value is -4.47. The molecule has 0 aliphatic rings. The minimum Gasteiger partial charge on any atom is -0.459 e. The van der Waals surface area contributed by atoms with E-state index in [0.29, 0.717) is 22.5 Å². The summed E-state index contributed by atoms with van der Waals surface area (Å²) < 4.78 is 8.09. The number of hydrogen-bond donors (Lipinski definition) is 2. The van der Waals surface area contributed by atoms with Gasteiger partial charge < -0.3 is 9.73 Å². The average Bonchev–Trinajstić information content (AvgIpc) is 3.48. The molecule has 4 aromatic heterocycles. The van der Waals surface area contributed by atoms with Crippen LogP contribution in [0, 0.1) is 13.8 Å². The van der Waals surface area contributed by atoms with Gasteiger partial charge in [0, 0.05) is 6.07 Å². The van der Waals surface area contributed by atoms with E-state index in [-0.39, 0.29) is 17.3 Å². The zero-order valence-corrected chi connectivity index (χ0v) is 16.7. The van der Waals surface area contributed by atoms with Gasteiger partial charge in [-0.2, -0.15) is 19.9 Å². The first-order valence-electron chi connectivity index (χ1n) is 9.46. The van der Waals surface area contributed by atoms with Gasteiger partial charge in [0.15, 0.2) is 11.4 Å². The summed E-state index contributed by atoms with van der Waals surface area (Å²) in [5.41, 5.74) is 2.52. The van der Waals surface area contributed by atoms with E-state index in [1.165, 1.54) is 17.1 Å². The van der Waals surface area contributed by atoms with Crippen LogP contribution in [-0.4, -0.2) is 35.4 Å². The third kappa shape index (κ3) is 3.29. The van der Waals surface area contributed by atoms with Crippen LogP contribution in [0.5, 0.6) is 0 Å². The van der Waals surface area contributed by atoms with Crippen molar-refractivity contribution in [3.63, 3.8) is 0 Å². The van der Waals surface area contributed by atoms with Gasteiger partial charge in [0.2, 0.25) is 5.95 Å². The summed E-state index contributed by atoms with van der Waals surface area (Å²) in [7, 11) is 0. The molecule has 0 spiro atoms. The van der Waals surface area contributed by atoms with Crippen molar-refractivity contribution in [3.05, 3.63) is 82.3 Å². The number of aromatic nitrogens is 6. The van der Waals surface area contributed by atoms with E-state index >= 15 is 0 Å². The summed E-state index contributed by atoms with van der Waals surface area (Å²) in [6, 6.07) is 12.6. The lowest BCUT2D eigenvalue weighted by Crippen LogP contribution is -2.18. The molecular weight excluding hydrogens is 398 g/mol. The summed E-state index contributed by atoms with van der Waals surface area (Å²) in [6.07, 6.45) is 2.88. The standard InChI is InChI=1S/C21H17N7O3/c1-12-5-7-14(8-6-12)27-18-15(11-22-27)19(29)25-21(24-18)28-17(10-13(2)26-28)23-20(30)16-4-3-9-31-16/h3-11H,1-2H3,(H,23,30)(H,24,25,29). The van der Waals surface area contributed by atoms with Gasteiger partial charge in [-0.1, -0.05) is 17.7 Å². The number of rotatable bonds is 4. The predicted molar refractivity (Wildman–Crippen MR) is 113 cm³/mol. The van der Waals surface area contributed by atoms with E-state index < -0.39 is 5.91 Å². The molecule has 10 heteroatoms. The van der Waals surface area contributed by atoms with Crippen molar-refractivity contribution >= 4 is 22.8 Å². The largest absolute Gasteiger partial charge is 0.459 e. The number of benzene rings is 1. The van der Waals surface area contributed by atoms with Crippen LogP contribution in [-0.2, 0) is 0 Å². The van der Waals surface area contributed by atoms with E-state index in [2.05, 4.69) is 25.5 Å². The second-order valence-electron chi connectivity index (χ2n) is 7.03. The third-order valence-corrected chi connectivity index (χ3v) is 4.72. The van der Waals surface area contributed by atoms with Crippen LogP contribution >= 0.6 is 0 Å². The lowest BCUT2D eigenvalue weighted by atomic mass is 10.2. The summed E-state index contributed by atoms with van der Waals surface area (Å²) >= 11 is 0. The van der Waals surface area contributed by atoms with E-state index in [4.69, 9.17) is 4.42 Å². The van der Waals surface area contributed by atoms with Crippen LogP contribution in [0.4, 0.5) is 5.82 Å². The number of aromatic amines is 1. The van der Waals surface area contributed by atoms with Gasteiger partial charge in [-0.15, -0.1) is 0 Å². The molecule has 0 bridgehead atoms. The van der Waals surface area contributed by atoms with Gasteiger partial charge >= 0.3 is 0 Å². The minimum atomic E-state index is -0.445. The van der Waals surface area contributed by atoms with E-state index in [1.54, 1.807) is 29.8 Å². The van der Waals surface area contributed by atoms with Crippen LogP contribution in [0.1, 0.15) is 21.8 Å². The molecule has 0 saturated carbocycles. The first-order valence-corrected chi connectivity index (χ1v) is 9.46. The average molecular weight is 415 g/mol. The van der Waals surface area contributed by atoms with Crippen molar-refractivity contribution in [2.24, 2.45) is 0 Å². The maximum Gasteiger partial charge on any atom is 0.292 e. The molecule has 0 atom stereocenters. The first-order chi connectivity index (χ1) is 15.0. The highest BCUT2D eigenvalue weighted by Crippen LogP contribution is 2.19. The summed E-state index contributed by atoms with van der Waals surface area (Å²) in [6.45, 7) is 3.76. The maximum atomic E-state index is 12.7. The fraction of sp³-hybridized carbons (Fsp3) is 0.0952. The van der Waals surface area contributed by atoms with Crippen LogP contribution in [0.2, 0.25) is 0 Å². The predicted octanol–water partition coefficient (Wildman–Crippen LogP) is 2.76. The Morgan fingerprint density at radius 1 is 1.13 bits per heavy atom. The topological polar surface area (TPSA) is 124 Å². The number of carbonyl (C=O) groups excluding carboxylic acids is 1. The molecule has 0 unspecified atom stereocenters. The molecule has 0 saturated heterocycles. The van der Waals surface area contributed by atoms with E-state index in [9.17, 15) is 9.59 Å². The van der Waals surface area contributed by atoms with Crippen LogP contribution in [0.3, 0.4) is 0 Å². The monoisotopic (exact) mass is 415 g/mol. The maximum absolute atomic E-state index is 12.7. The van der Waals surface area contributed by atoms with E-state index in [1.807, 2.05) is 31.2 Å². The number of hydrogen-bond acceptors (Lipinski definition) is 6.